The number of ether oxygens (including phenoxy) is 1. The minimum absolute atomic E-state index is 0.0399. The molecule has 3 rings (SSSR count). The van der Waals surface area contributed by atoms with Gasteiger partial charge in [-0.05, 0) is 36.5 Å². The fourth-order valence-corrected chi connectivity index (χ4v) is 4.36. The molecular weight excluding hydrogens is 331 g/mol. The second-order valence-electron chi connectivity index (χ2n) is 8.15. The van der Waals surface area contributed by atoms with E-state index in [0.717, 1.165) is 57.5 Å². The van der Waals surface area contributed by atoms with Gasteiger partial charge >= 0.3 is 0 Å². The Bertz CT molecular complexity index is 597. The Morgan fingerprint density at radius 1 is 1.31 bits per heavy atom. The van der Waals surface area contributed by atoms with Gasteiger partial charge < -0.3 is 10.1 Å². The van der Waals surface area contributed by atoms with Crippen LogP contribution >= 0.6 is 0 Å². The van der Waals surface area contributed by atoms with E-state index < -0.39 is 5.41 Å². The molecule has 1 atom stereocenters. The zero-order valence-electron chi connectivity index (χ0n) is 16.0. The molecule has 1 heterocycles. The summed E-state index contributed by atoms with van der Waals surface area (Å²) >= 11 is 0. The van der Waals surface area contributed by atoms with Crippen molar-refractivity contribution in [1.82, 2.24) is 10.2 Å². The molecule has 1 amide bonds. The van der Waals surface area contributed by atoms with Crippen LogP contribution in [-0.4, -0.2) is 49.7 Å². The van der Waals surface area contributed by atoms with Crippen LogP contribution < -0.4 is 5.32 Å². The topological polar surface area (TPSA) is 41.6 Å². The van der Waals surface area contributed by atoms with E-state index in [-0.39, 0.29) is 17.8 Å². The van der Waals surface area contributed by atoms with Crippen LogP contribution in [0.3, 0.4) is 0 Å². The highest BCUT2D eigenvalue weighted by atomic mass is 19.1. The quantitative estimate of drug-likeness (QED) is 0.845. The SMILES string of the molecule is CC(C)CN1CCOC(CNC(=O)C2(c3ccc(F)cc3)CCCC2)C1. The van der Waals surface area contributed by atoms with Crippen molar-refractivity contribution in [3.63, 3.8) is 0 Å². The van der Waals surface area contributed by atoms with Crippen LogP contribution in [0.5, 0.6) is 0 Å². The van der Waals surface area contributed by atoms with Crippen molar-refractivity contribution in [2.75, 3.05) is 32.8 Å². The molecule has 2 aliphatic rings. The number of halogens is 1. The molecule has 1 aromatic carbocycles. The third-order valence-corrected chi connectivity index (χ3v) is 5.63. The maximum absolute atomic E-state index is 13.3. The lowest BCUT2D eigenvalue weighted by Gasteiger charge is -2.35. The zero-order valence-corrected chi connectivity index (χ0v) is 16.0. The number of rotatable bonds is 6. The number of hydrogen-bond acceptors (Lipinski definition) is 3. The smallest absolute Gasteiger partial charge is 0.230 e. The molecule has 0 bridgehead atoms. The normalized spacial score (nSPS) is 23.3. The first-order valence-corrected chi connectivity index (χ1v) is 9.88. The number of nitrogens with zero attached hydrogens (tertiary/aromatic N) is 1. The molecule has 2 fully saturated rings. The van der Waals surface area contributed by atoms with E-state index in [1.165, 1.54) is 12.1 Å². The molecule has 5 heteroatoms. The number of nitrogens with one attached hydrogen (secondary N) is 1. The summed E-state index contributed by atoms with van der Waals surface area (Å²) < 4.78 is 19.1. The van der Waals surface area contributed by atoms with E-state index in [4.69, 9.17) is 4.74 Å². The van der Waals surface area contributed by atoms with Crippen molar-refractivity contribution >= 4 is 5.91 Å². The number of morpholine rings is 1. The van der Waals surface area contributed by atoms with Crippen molar-refractivity contribution < 1.29 is 13.9 Å². The molecule has 0 radical (unpaired) electrons. The lowest BCUT2D eigenvalue weighted by atomic mass is 9.78. The zero-order chi connectivity index (χ0) is 18.6. The number of hydrogen-bond donors (Lipinski definition) is 1. The standard InChI is InChI=1S/C21H31FN2O2/c1-16(2)14-24-11-12-26-19(15-24)13-23-20(25)21(9-3-4-10-21)17-5-7-18(22)8-6-17/h5-8,16,19H,3-4,9-15H2,1-2H3,(H,23,25). The average Bonchev–Trinajstić information content (AvgIpc) is 3.11. The Hall–Kier alpha value is -1.46. The fraction of sp³-hybridized carbons (Fsp3) is 0.667. The number of carbonyl (C=O) groups excluding carboxylic acids is 1. The Balaban J connectivity index is 1.61. The van der Waals surface area contributed by atoms with E-state index in [2.05, 4.69) is 24.1 Å². The number of benzene rings is 1. The van der Waals surface area contributed by atoms with Crippen molar-refractivity contribution in [2.45, 2.75) is 51.0 Å². The van der Waals surface area contributed by atoms with Gasteiger partial charge in [-0.2, -0.15) is 0 Å². The molecule has 144 valence electrons. The van der Waals surface area contributed by atoms with Crippen molar-refractivity contribution in [2.24, 2.45) is 5.92 Å². The molecule has 26 heavy (non-hydrogen) atoms. The van der Waals surface area contributed by atoms with Gasteiger partial charge in [-0.25, -0.2) is 4.39 Å². The van der Waals surface area contributed by atoms with Gasteiger partial charge in [0.05, 0.1) is 18.1 Å². The van der Waals surface area contributed by atoms with Gasteiger partial charge in [0.2, 0.25) is 5.91 Å². The van der Waals surface area contributed by atoms with Crippen LogP contribution in [0.2, 0.25) is 0 Å². The second-order valence-corrected chi connectivity index (χ2v) is 8.15. The first kappa shape index (κ1) is 19.3. The molecule has 1 unspecified atom stereocenters. The van der Waals surface area contributed by atoms with E-state index in [9.17, 15) is 9.18 Å². The minimum Gasteiger partial charge on any atom is -0.374 e. The lowest BCUT2D eigenvalue weighted by Crippen LogP contribution is -2.51. The molecule has 1 saturated heterocycles. The Labute approximate surface area is 156 Å². The fourth-order valence-electron chi connectivity index (χ4n) is 4.36. The molecule has 1 aromatic rings. The highest BCUT2D eigenvalue weighted by molar-refractivity contribution is 5.88. The summed E-state index contributed by atoms with van der Waals surface area (Å²) in [5.74, 6) is 0.429. The second kappa shape index (κ2) is 8.49. The van der Waals surface area contributed by atoms with Crippen LogP contribution in [0.4, 0.5) is 4.39 Å². The van der Waals surface area contributed by atoms with Crippen LogP contribution in [-0.2, 0) is 14.9 Å². The van der Waals surface area contributed by atoms with Gasteiger partial charge in [0, 0.05) is 26.2 Å². The molecule has 1 aliphatic heterocycles. The summed E-state index contributed by atoms with van der Waals surface area (Å²) in [6, 6.07) is 6.44. The summed E-state index contributed by atoms with van der Waals surface area (Å²) in [5, 5.41) is 3.14. The summed E-state index contributed by atoms with van der Waals surface area (Å²) in [5.41, 5.74) is 0.417. The van der Waals surface area contributed by atoms with Crippen LogP contribution in [0, 0.1) is 11.7 Å². The highest BCUT2D eigenvalue weighted by Gasteiger charge is 2.42. The van der Waals surface area contributed by atoms with Crippen LogP contribution in [0.1, 0.15) is 45.1 Å². The van der Waals surface area contributed by atoms with Gasteiger partial charge in [-0.15, -0.1) is 0 Å². The van der Waals surface area contributed by atoms with Gasteiger partial charge in [-0.3, -0.25) is 9.69 Å². The Kier molecular flexibility index (Phi) is 6.30. The first-order chi connectivity index (χ1) is 12.5. The van der Waals surface area contributed by atoms with Gasteiger partial charge in [0.25, 0.3) is 0 Å². The Morgan fingerprint density at radius 2 is 2.00 bits per heavy atom. The van der Waals surface area contributed by atoms with E-state index >= 15 is 0 Å². The number of carbonyl (C=O) groups is 1. The predicted octanol–water partition coefficient (Wildman–Crippen LogP) is 3.11. The third kappa shape index (κ3) is 4.44. The highest BCUT2D eigenvalue weighted by Crippen LogP contribution is 2.41. The van der Waals surface area contributed by atoms with Gasteiger partial charge in [0.15, 0.2) is 0 Å². The molecule has 1 N–H and O–H groups in total. The van der Waals surface area contributed by atoms with Gasteiger partial charge in [0.1, 0.15) is 5.82 Å². The molecule has 0 aromatic heterocycles. The third-order valence-electron chi connectivity index (χ3n) is 5.63. The molecule has 4 nitrogen and oxygen atoms in total. The number of amides is 1. The monoisotopic (exact) mass is 362 g/mol. The molecule has 0 spiro atoms. The summed E-state index contributed by atoms with van der Waals surface area (Å²) in [4.78, 5) is 15.5. The van der Waals surface area contributed by atoms with E-state index in [1.54, 1.807) is 12.1 Å². The van der Waals surface area contributed by atoms with Gasteiger partial charge in [-0.1, -0.05) is 38.8 Å². The maximum Gasteiger partial charge on any atom is 0.230 e. The van der Waals surface area contributed by atoms with Crippen molar-refractivity contribution in [1.29, 1.82) is 0 Å². The Morgan fingerprint density at radius 3 is 2.65 bits per heavy atom. The maximum atomic E-state index is 13.3. The molecule has 1 aliphatic carbocycles. The summed E-state index contributed by atoms with van der Waals surface area (Å²) in [6.45, 7) is 8.59. The average molecular weight is 362 g/mol. The van der Waals surface area contributed by atoms with E-state index in [1.807, 2.05) is 0 Å². The summed E-state index contributed by atoms with van der Waals surface area (Å²) in [7, 11) is 0. The summed E-state index contributed by atoms with van der Waals surface area (Å²) in [6.07, 6.45) is 3.77. The molecular formula is C21H31FN2O2. The van der Waals surface area contributed by atoms with Crippen LogP contribution in [0.25, 0.3) is 0 Å². The predicted molar refractivity (Wildman–Crippen MR) is 101 cm³/mol. The van der Waals surface area contributed by atoms with Crippen molar-refractivity contribution in [3.05, 3.63) is 35.6 Å². The van der Waals surface area contributed by atoms with Crippen LogP contribution in [0.15, 0.2) is 24.3 Å². The molecule has 1 saturated carbocycles. The van der Waals surface area contributed by atoms with E-state index in [0.29, 0.717) is 12.5 Å². The lowest BCUT2D eigenvalue weighted by molar-refractivity contribution is -0.127. The largest absolute Gasteiger partial charge is 0.374 e. The van der Waals surface area contributed by atoms with Crippen molar-refractivity contribution in [3.8, 4) is 0 Å². The first-order valence-electron chi connectivity index (χ1n) is 9.88. The minimum atomic E-state index is -0.514.